The van der Waals surface area contributed by atoms with Crippen LogP contribution in [0.5, 0.6) is 0 Å². The minimum absolute atomic E-state index is 0.0991. The highest BCUT2D eigenvalue weighted by atomic mass is 16.2. The van der Waals surface area contributed by atoms with Crippen LogP contribution in [0.25, 0.3) is 0 Å². The first-order chi connectivity index (χ1) is 13.6. The quantitative estimate of drug-likeness (QED) is 0.744. The molecular formula is C23H33N3O3. The molecule has 4 amide bonds. The van der Waals surface area contributed by atoms with E-state index in [1.54, 1.807) is 6.92 Å². The van der Waals surface area contributed by atoms with Crippen LogP contribution in [-0.2, 0) is 15.1 Å². The summed E-state index contributed by atoms with van der Waals surface area (Å²) in [6.07, 6.45) is 3.20. The zero-order valence-electron chi connectivity index (χ0n) is 18.1. The summed E-state index contributed by atoms with van der Waals surface area (Å²) < 4.78 is 0. The van der Waals surface area contributed by atoms with Gasteiger partial charge in [0.2, 0.25) is 5.91 Å². The second-order valence-electron chi connectivity index (χ2n) is 9.16. The van der Waals surface area contributed by atoms with Gasteiger partial charge < -0.3 is 10.6 Å². The van der Waals surface area contributed by atoms with Gasteiger partial charge in [0.05, 0.1) is 0 Å². The molecule has 1 saturated heterocycles. The highest BCUT2D eigenvalue weighted by molar-refractivity contribution is 6.09. The first kappa shape index (κ1) is 21.3. The van der Waals surface area contributed by atoms with Gasteiger partial charge >= 0.3 is 6.03 Å². The molecule has 1 aliphatic carbocycles. The summed E-state index contributed by atoms with van der Waals surface area (Å²) in [5.74, 6) is 0.665. The summed E-state index contributed by atoms with van der Waals surface area (Å²) in [6, 6.07) is 7.29. The van der Waals surface area contributed by atoms with Crippen LogP contribution in [0.2, 0.25) is 0 Å². The van der Waals surface area contributed by atoms with Crippen molar-refractivity contribution in [1.82, 2.24) is 15.5 Å². The van der Waals surface area contributed by atoms with Crippen molar-refractivity contribution in [2.24, 2.45) is 11.8 Å². The maximum absolute atomic E-state index is 13.1. The number of carbonyl (C=O) groups excluding carboxylic acids is 3. The number of amides is 4. The lowest BCUT2D eigenvalue weighted by Gasteiger charge is -2.34. The maximum Gasteiger partial charge on any atom is 0.325 e. The second-order valence-corrected chi connectivity index (χ2v) is 9.16. The molecule has 0 unspecified atom stereocenters. The lowest BCUT2D eigenvalue weighted by Crippen LogP contribution is -2.48. The van der Waals surface area contributed by atoms with Crippen molar-refractivity contribution in [2.45, 2.75) is 71.4 Å². The average Bonchev–Trinajstić information content (AvgIpc) is 2.89. The van der Waals surface area contributed by atoms with Crippen molar-refractivity contribution in [2.75, 3.05) is 6.54 Å². The molecule has 158 valence electrons. The van der Waals surface area contributed by atoms with E-state index in [-0.39, 0.29) is 24.4 Å². The van der Waals surface area contributed by atoms with E-state index in [0.29, 0.717) is 17.8 Å². The molecule has 2 N–H and O–H groups in total. The van der Waals surface area contributed by atoms with Gasteiger partial charge in [0.1, 0.15) is 12.1 Å². The van der Waals surface area contributed by atoms with Crippen molar-refractivity contribution < 1.29 is 14.4 Å². The Labute approximate surface area is 173 Å². The van der Waals surface area contributed by atoms with Crippen LogP contribution in [0, 0.1) is 11.8 Å². The fourth-order valence-electron chi connectivity index (χ4n) is 4.42. The van der Waals surface area contributed by atoms with Crippen molar-refractivity contribution in [3.8, 4) is 0 Å². The maximum atomic E-state index is 13.1. The zero-order valence-corrected chi connectivity index (χ0v) is 18.1. The number of benzene rings is 1. The largest absolute Gasteiger partial charge is 0.352 e. The molecule has 6 heteroatoms. The Morgan fingerprint density at radius 2 is 1.86 bits per heavy atom. The summed E-state index contributed by atoms with van der Waals surface area (Å²) >= 11 is 0. The van der Waals surface area contributed by atoms with Crippen LogP contribution in [0.3, 0.4) is 0 Å². The zero-order chi connectivity index (χ0) is 21.3. The first-order valence-electron chi connectivity index (χ1n) is 10.7. The van der Waals surface area contributed by atoms with Crippen molar-refractivity contribution in [3.05, 3.63) is 35.4 Å². The number of hydrogen-bond acceptors (Lipinski definition) is 3. The third kappa shape index (κ3) is 4.16. The lowest BCUT2D eigenvalue weighted by molar-refractivity contribution is -0.135. The van der Waals surface area contributed by atoms with E-state index in [2.05, 4.69) is 38.3 Å². The fourth-order valence-corrected chi connectivity index (χ4v) is 4.42. The normalized spacial score (nSPS) is 29.9. The average molecular weight is 400 g/mol. The monoisotopic (exact) mass is 399 g/mol. The topological polar surface area (TPSA) is 78.5 Å². The number of rotatable bonds is 5. The van der Waals surface area contributed by atoms with Crippen molar-refractivity contribution >= 4 is 17.8 Å². The van der Waals surface area contributed by atoms with E-state index >= 15 is 0 Å². The number of imide groups is 1. The van der Waals surface area contributed by atoms with E-state index < -0.39 is 11.6 Å². The highest BCUT2D eigenvalue weighted by Crippen LogP contribution is 2.31. The summed E-state index contributed by atoms with van der Waals surface area (Å²) in [7, 11) is 0. The highest BCUT2D eigenvalue weighted by Gasteiger charge is 2.49. The van der Waals surface area contributed by atoms with Gasteiger partial charge in [-0.1, -0.05) is 64.8 Å². The molecule has 1 saturated carbocycles. The molecule has 0 bridgehead atoms. The van der Waals surface area contributed by atoms with Crippen LogP contribution in [0.4, 0.5) is 4.79 Å². The molecule has 0 spiro atoms. The van der Waals surface area contributed by atoms with Gasteiger partial charge in [-0.25, -0.2) is 4.79 Å². The minimum Gasteiger partial charge on any atom is -0.352 e. The van der Waals surface area contributed by atoms with Gasteiger partial charge in [-0.3, -0.25) is 14.5 Å². The van der Waals surface area contributed by atoms with Crippen LogP contribution < -0.4 is 10.6 Å². The summed E-state index contributed by atoms with van der Waals surface area (Å²) in [4.78, 5) is 39.2. The molecular weight excluding hydrogens is 366 g/mol. The third-order valence-corrected chi connectivity index (χ3v) is 6.78. The molecule has 0 aromatic heterocycles. The van der Waals surface area contributed by atoms with Gasteiger partial charge in [0.25, 0.3) is 5.91 Å². The summed E-state index contributed by atoms with van der Waals surface area (Å²) in [6.45, 7) is 10.0. The molecule has 1 aromatic carbocycles. The molecule has 6 nitrogen and oxygen atoms in total. The molecule has 2 fully saturated rings. The fraction of sp³-hybridized carbons (Fsp3) is 0.609. The van der Waals surface area contributed by atoms with Gasteiger partial charge in [-0.2, -0.15) is 0 Å². The smallest absolute Gasteiger partial charge is 0.325 e. The molecule has 1 aromatic rings. The Kier molecular flexibility index (Phi) is 6.01. The second kappa shape index (κ2) is 8.17. The molecule has 3 rings (SSSR count). The van der Waals surface area contributed by atoms with Gasteiger partial charge in [0.15, 0.2) is 0 Å². The SMILES string of the molecule is CC(C)c1ccc([C@]2(C)NC(=O)N(CC(=O)N[C@@H]3CCC[C@@H](C)[C@H]3C)C2=O)cc1. The van der Waals surface area contributed by atoms with E-state index in [1.807, 2.05) is 24.3 Å². The predicted octanol–water partition coefficient (Wildman–Crippen LogP) is 3.52. The standard InChI is InChI=1S/C23H33N3O3/c1-14(2)17-9-11-18(12-10-17)23(5)21(28)26(22(29)25-23)13-20(27)24-19-8-6-7-15(3)16(19)4/h9-12,14-16,19H,6-8,13H2,1-5H3,(H,24,27)(H,25,29)/t15-,16-,19-,23+/m1/s1. The Hall–Kier alpha value is -2.37. The lowest BCUT2D eigenvalue weighted by atomic mass is 9.78. The van der Waals surface area contributed by atoms with E-state index in [1.165, 1.54) is 12.0 Å². The van der Waals surface area contributed by atoms with Crippen LogP contribution in [0.15, 0.2) is 24.3 Å². The van der Waals surface area contributed by atoms with Crippen LogP contribution in [-0.4, -0.2) is 35.3 Å². The first-order valence-corrected chi connectivity index (χ1v) is 10.7. The molecule has 1 aliphatic heterocycles. The van der Waals surface area contributed by atoms with E-state index in [9.17, 15) is 14.4 Å². The summed E-state index contributed by atoms with van der Waals surface area (Å²) in [5.41, 5.74) is 0.735. The molecule has 4 atom stereocenters. The predicted molar refractivity (Wildman–Crippen MR) is 112 cm³/mol. The Morgan fingerprint density at radius 1 is 1.21 bits per heavy atom. The molecule has 2 aliphatic rings. The Bertz CT molecular complexity index is 789. The number of nitrogens with zero attached hydrogens (tertiary/aromatic N) is 1. The Balaban J connectivity index is 1.69. The number of carbonyl (C=O) groups is 3. The van der Waals surface area contributed by atoms with Crippen LogP contribution in [0.1, 0.15) is 70.9 Å². The summed E-state index contributed by atoms with van der Waals surface area (Å²) in [5, 5.41) is 5.82. The van der Waals surface area contributed by atoms with E-state index in [0.717, 1.165) is 23.3 Å². The van der Waals surface area contributed by atoms with Crippen molar-refractivity contribution in [1.29, 1.82) is 0 Å². The van der Waals surface area contributed by atoms with Gasteiger partial charge in [-0.15, -0.1) is 0 Å². The number of hydrogen-bond donors (Lipinski definition) is 2. The van der Waals surface area contributed by atoms with Gasteiger partial charge in [-0.05, 0) is 42.2 Å². The molecule has 0 radical (unpaired) electrons. The molecule has 1 heterocycles. The van der Waals surface area contributed by atoms with Crippen molar-refractivity contribution in [3.63, 3.8) is 0 Å². The third-order valence-electron chi connectivity index (χ3n) is 6.78. The number of urea groups is 1. The minimum atomic E-state index is -1.15. The Morgan fingerprint density at radius 3 is 2.48 bits per heavy atom. The van der Waals surface area contributed by atoms with Crippen LogP contribution >= 0.6 is 0 Å². The van der Waals surface area contributed by atoms with E-state index in [4.69, 9.17) is 0 Å². The number of nitrogens with one attached hydrogen (secondary N) is 2. The van der Waals surface area contributed by atoms with Gasteiger partial charge in [0, 0.05) is 6.04 Å². The molecule has 29 heavy (non-hydrogen) atoms.